The first-order valence-corrected chi connectivity index (χ1v) is 11.2. The third kappa shape index (κ3) is 4.46. The Labute approximate surface area is 193 Å². The van der Waals surface area contributed by atoms with Crippen molar-refractivity contribution in [2.45, 2.75) is 32.2 Å². The molecule has 2 aliphatic heterocycles. The van der Waals surface area contributed by atoms with Crippen LogP contribution < -0.4 is 9.47 Å². The molecule has 2 aromatic rings. The lowest BCUT2D eigenvalue weighted by Gasteiger charge is -2.26. The number of hydrogen-bond donors (Lipinski definition) is 1. The van der Waals surface area contributed by atoms with Crippen LogP contribution in [0, 0.1) is 0 Å². The highest BCUT2D eigenvalue weighted by Gasteiger charge is 2.45. The molecule has 1 fully saturated rings. The lowest BCUT2D eigenvalue weighted by molar-refractivity contribution is -0.140. The number of nitrogens with zero attached hydrogens (tertiary/aromatic N) is 1. The Morgan fingerprint density at radius 3 is 2.45 bits per heavy atom. The summed E-state index contributed by atoms with van der Waals surface area (Å²) in [4.78, 5) is 27.6. The zero-order valence-corrected chi connectivity index (χ0v) is 19.2. The maximum Gasteiger partial charge on any atom is 0.295 e. The van der Waals surface area contributed by atoms with Crippen LogP contribution in [0.25, 0.3) is 5.76 Å². The second kappa shape index (κ2) is 9.67. The summed E-state index contributed by atoms with van der Waals surface area (Å²) in [5.41, 5.74) is 2.40. The molecule has 0 aromatic heterocycles. The van der Waals surface area contributed by atoms with E-state index in [0.29, 0.717) is 55.8 Å². The third-order valence-electron chi connectivity index (χ3n) is 6.02. The maximum absolute atomic E-state index is 13.1. The average Bonchev–Trinajstić information content (AvgIpc) is 3.08. The number of amides is 1. The summed E-state index contributed by atoms with van der Waals surface area (Å²) in [7, 11) is 1.60. The molecule has 174 valence electrons. The number of Topliss-reactive ketones (excluding diaryl/α,β-unsaturated/α-hetero) is 1. The van der Waals surface area contributed by atoms with Crippen molar-refractivity contribution in [1.29, 1.82) is 0 Å². The van der Waals surface area contributed by atoms with E-state index < -0.39 is 17.7 Å². The standard InChI is InChI=1S/C26H29NO6/c1-16(2)17-5-7-18(8-6-17)23-22(25(29)26(30)27(23)11-4-12-31-3)24(28)19-9-10-20-21(15-19)33-14-13-32-20/h5-10,15-16,23,28H,4,11-14H2,1-3H3/t23-/m1/s1. The van der Waals surface area contributed by atoms with Gasteiger partial charge < -0.3 is 24.2 Å². The molecule has 0 unspecified atom stereocenters. The van der Waals surface area contributed by atoms with Crippen molar-refractivity contribution < 1.29 is 28.9 Å². The van der Waals surface area contributed by atoms with Crippen molar-refractivity contribution in [2.24, 2.45) is 0 Å². The molecule has 0 saturated carbocycles. The molecule has 1 N–H and O–H groups in total. The Morgan fingerprint density at radius 1 is 1.09 bits per heavy atom. The number of carbonyl (C=O) groups is 2. The van der Waals surface area contributed by atoms with Crippen molar-refractivity contribution in [3.63, 3.8) is 0 Å². The highest BCUT2D eigenvalue weighted by atomic mass is 16.6. The van der Waals surface area contributed by atoms with Crippen LogP contribution in [-0.2, 0) is 14.3 Å². The molecule has 1 saturated heterocycles. The highest BCUT2D eigenvalue weighted by Crippen LogP contribution is 2.41. The van der Waals surface area contributed by atoms with Gasteiger partial charge in [0.25, 0.3) is 11.7 Å². The lowest BCUT2D eigenvalue weighted by atomic mass is 9.93. The van der Waals surface area contributed by atoms with Crippen LogP contribution >= 0.6 is 0 Å². The molecule has 7 nitrogen and oxygen atoms in total. The molecule has 1 amide bonds. The first kappa shape index (κ1) is 22.9. The van der Waals surface area contributed by atoms with Gasteiger partial charge in [0.2, 0.25) is 0 Å². The number of methoxy groups -OCH3 is 1. The first-order valence-electron chi connectivity index (χ1n) is 11.2. The fourth-order valence-electron chi connectivity index (χ4n) is 4.25. The Balaban J connectivity index is 1.79. The van der Waals surface area contributed by atoms with E-state index in [9.17, 15) is 14.7 Å². The smallest absolute Gasteiger partial charge is 0.295 e. The molecule has 0 aliphatic carbocycles. The van der Waals surface area contributed by atoms with Gasteiger partial charge in [0.1, 0.15) is 19.0 Å². The minimum Gasteiger partial charge on any atom is -0.507 e. The van der Waals surface area contributed by atoms with Crippen LogP contribution in [0.5, 0.6) is 11.5 Å². The van der Waals surface area contributed by atoms with Gasteiger partial charge in [-0.25, -0.2) is 0 Å². The monoisotopic (exact) mass is 451 g/mol. The minimum atomic E-state index is -0.697. The number of likely N-dealkylation sites (tertiary alicyclic amines) is 1. The number of aliphatic hydroxyl groups is 1. The van der Waals surface area contributed by atoms with Gasteiger partial charge in [-0.1, -0.05) is 38.1 Å². The zero-order chi connectivity index (χ0) is 23.5. The summed E-state index contributed by atoms with van der Waals surface area (Å²) in [5, 5.41) is 11.2. The van der Waals surface area contributed by atoms with Gasteiger partial charge >= 0.3 is 0 Å². The molecule has 4 rings (SSSR count). The number of benzene rings is 2. The normalized spacial score (nSPS) is 19.4. The van der Waals surface area contributed by atoms with E-state index in [2.05, 4.69) is 13.8 Å². The van der Waals surface area contributed by atoms with Crippen LogP contribution in [0.1, 0.15) is 48.9 Å². The zero-order valence-electron chi connectivity index (χ0n) is 19.2. The molecule has 2 heterocycles. The third-order valence-corrected chi connectivity index (χ3v) is 6.02. The van der Waals surface area contributed by atoms with Crippen LogP contribution in [0.2, 0.25) is 0 Å². The van der Waals surface area contributed by atoms with E-state index in [1.165, 1.54) is 4.90 Å². The SMILES string of the molecule is COCCCN1C(=O)C(=O)C(=C(O)c2ccc3c(c2)OCCO3)[C@H]1c1ccc(C(C)C)cc1. The maximum atomic E-state index is 13.1. The number of fused-ring (bicyclic) bond motifs is 1. The number of carbonyl (C=O) groups excluding carboxylic acids is 2. The first-order chi connectivity index (χ1) is 15.9. The Kier molecular flexibility index (Phi) is 6.70. The van der Waals surface area contributed by atoms with Gasteiger partial charge in [0, 0.05) is 25.8 Å². The molecule has 2 aromatic carbocycles. The fraction of sp³-hybridized carbons (Fsp3) is 0.385. The van der Waals surface area contributed by atoms with E-state index in [-0.39, 0.29) is 11.3 Å². The molecule has 7 heteroatoms. The van der Waals surface area contributed by atoms with E-state index in [1.54, 1.807) is 25.3 Å². The van der Waals surface area contributed by atoms with Gasteiger partial charge in [-0.15, -0.1) is 0 Å². The second-order valence-electron chi connectivity index (χ2n) is 8.52. The summed E-state index contributed by atoms with van der Waals surface area (Å²) in [6, 6.07) is 12.2. The number of rotatable bonds is 7. The molecule has 0 spiro atoms. The Bertz CT molecular complexity index is 1070. The Hall–Kier alpha value is -3.32. The molecule has 1 atom stereocenters. The van der Waals surface area contributed by atoms with Gasteiger partial charge in [-0.2, -0.15) is 0 Å². The van der Waals surface area contributed by atoms with Crippen molar-refractivity contribution in [2.75, 3.05) is 33.5 Å². The van der Waals surface area contributed by atoms with E-state index >= 15 is 0 Å². The van der Waals surface area contributed by atoms with E-state index in [1.807, 2.05) is 24.3 Å². The molecule has 0 radical (unpaired) electrons. The van der Waals surface area contributed by atoms with Crippen LogP contribution in [0.15, 0.2) is 48.0 Å². The number of ether oxygens (including phenoxy) is 3. The number of aliphatic hydroxyl groups excluding tert-OH is 1. The summed E-state index contributed by atoms with van der Waals surface area (Å²) in [6.45, 7) is 5.87. The fourth-order valence-corrected chi connectivity index (χ4v) is 4.25. The Morgan fingerprint density at radius 2 is 1.79 bits per heavy atom. The topological polar surface area (TPSA) is 85.3 Å². The number of ketones is 1. The quantitative estimate of drug-likeness (QED) is 0.296. The molecule has 33 heavy (non-hydrogen) atoms. The van der Waals surface area contributed by atoms with E-state index in [0.717, 1.165) is 11.1 Å². The molecular weight excluding hydrogens is 422 g/mol. The summed E-state index contributed by atoms with van der Waals surface area (Å²) in [5.74, 6) is -0.112. The van der Waals surface area contributed by atoms with Gasteiger partial charge in [-0.3, -0.25) is 9.59 Å². The van der Waals surface area contributed by atoms with Crippen LogP contribution in [0.4, 0.5) is 0 Å². The summed E-state index contributed by atoms with van der Waals surface area (Å²) < 4.78 is 16.3. The lowest BCUT2D eigenvalue weighted by Crippen LogP contribution is -2.31. The molecule has 0 bridgehead atoms. The predicted octanol–water partition coefficient (Wildman–Crippen LogP) is 4.04. The number of hydrogen-bond acceptors (Lipinski definition) is 6. The van der Waals surface area contributed by atoms with E-state index in [4.69, 9.17) is 14.2 Å². The van der Waals surface area contributed by atoms with Gasteiger partial charge in [-0.05, 0) is 41.7 Å². The van der Waals surface area contributed by atoms with Crippen molar-refractivity contribution in [1.82, 2.24) is 4.90 Å². The van der Waals surface area contributed by atoms with Crippen molar-refractivity contribution in [3.05, 3.63) is 64.7 Å². The van der Waals surface area contributed by atoms with Crippen molar-refractivity contribution >= 4 is 17.4 Å². The summed E-state index contributed by atoms with van der Waals surface area (Å²) >= 11 is 0. The minimum absolute atomic E-state index is 0.0754. The molecular formula is C26H29NO6. The highest BCUT2D eigenvalue weighted by molar-refractivity contribution is 6.46. The van der Waals surface area contributed by atoms with Crippen LogP contribution in [-0.4, -0.2) is 55.2 Å². The van der Waals surface area contributed by atoms with Gasteiger partial charge in [0.05, 0.1) is 11.6 Å². The predicted molar refractivity (Wildman–Crippen MR) is 123 cm³/mol. The largest absolute Gasteiger partial charge is 0.507 e. The average molecular weight is 452 g/mol. The second-order valence-corrected chi connectivity index (χ2v) is 8.52. The molecule has 2 aliphatic rings. The van der Waals surface area contributed by atoms with Crippen molar-refractivity contribution in [3.8, 4) is 11.5 Å². The summed E-state index contributed by atoms with van der Waals surface area (Å²) in [6.07, 6.45) is 0.578. The van der Waals surface area contributed by atoms with Crippen LogP contribution in [0.3, 0.4) is 0 Å². The van der Waals surface area contributed by atoms with Gasteiger partial charge in [0.15, 0.2) is 11.5 Å².